The number of fused-ring (bicyclic) bond motifs is 2. The van der Waals surface area contributed by atoms with Crippen LogP contribution in [0.1, 0.15) is 47.8 Å². The number of amides is 1. The summed E-state index contributed by atoms with van der Waals surface area (Å²) >= 11 is 0. The molecule has 7 heteroatoms. The maximum absolute atomic E-state index is 13.7. The summed E-state index contributed by atoms with van der Waals surface area (Å²) in [5, 5.41) is 9.62. The summed E-state index contributed by atoms with van der Waals surface area (Å²) in [6.07, 6.45) is 4.63. The van der Waals surface area contributed by atoms with Crippen LogP contribution in [-0.2, 0) is 0 Å². The van der Waals surface area contributed by atoms with Crippen LogP contribution in [0.3, 0.4) is 0 Å². The molecule has 2 saturated heterocycles. The molecule has 2 aliphatic rings. The summed E-state index contributed by atoms with van der Waals surface area (Å²) in [4.78, 5) is 20.2. The largest absolute Gasteiger partial charge is 0.477 e. The number of hydrazone groups is 2. The molecule has 1 aromatic heterocycles. The van der Waals surface area contributed by atoms with Crippen LogP contribution in [0.4, 0.5) is 5.69 Å². The Morgan fingerprint density at radius 3 is 2.90 bits per heavy atom. The number of benzene rings is 1. The molecular weight excluding hydrogens is 390 g/mol. The SMILES string of the molecule is C=NN(/N=C\C)c1ccc(C)cc1C(=O)N1C2CCC1C(COc1cccc(C)n1)C2. The Balaban J connectivity index is 1.54. The van der Waals surface area contributed by atoms with E-state index in [2.05, 4.69) is 26.8 Å². The lowest BCUT2D eigenvalue weighted by Gasteiger charge is -2.26. The van der Waals surface area contributed by atoms with Crippen LogP contribution in [0.25, 0.3) is 0 Å². The summed E-state index contributed by atoms with van der Waals surface area (Å²) in [7, 11) is 0. The quantitative estimate of drug-likeness (QED) is 0.498. The third-order valence-electron chi connectivity index (χ3n) is 6.16. The lowest BCUT2D eigenvalue weighted by atomic mass is 9.90. The number of ether oxygens (including phenoxy) is 1. The molecule has 0 saturated carbocycles. The standard InChI is InChI=1S/C24H29N5O2/c1-5-26-29(25-4)22-11-9-16(2)13-20(22)24(30)28-19-10-12-21(28)18(14-19)15-31-23-8-6-7-17(3)27-23/h5-9,11,13,18-19,21H,4,10,12,14-15H2,1-3H3/b26-5-. The Bertz CT molecular complexity index is 1010. The number of pyridine rings is 1. The van der Waals surface area contributed by atoms with E-state index in [1.165, 1.54) is 5.12 Å². The van der Waals surface area contributed by atoms with E-state index in [1.807, 2.05) is 57.2 Å². The molecule has 0 spiro atoms. The fraction of sp³-hybridized carbons (Fsp3) is 0.417. The molecule has 1 amide bonds. The highest BCUT2D eigenvalue weighted by molar-refractivity contribution is 6.00. The fourth-order valence-electron chi connectivity index (χ4n) is 4.82. The number of hydrogen-bond acceptors (Lipinski definition) is 6. The predicted octanol–water partition coefficient (Wildman–Crippen LogP) is 4.20. The molecule has 2 aromatic rings. The Morgan fingerprint density at radius 1 is 1.32 bits per heavy atom. The van der Waals surface area contributed by atoms with Gasteiger partial charge in [0.05, 0.1) is 17.9 Å². The maximum Gasteiger partial charge on any atom is 0.256 e. The molecular formula is C24H29N5O2. The number of anilines is 1. The number of aryl methyl sites for hydroxylation is 2. The van der Waals surface area contributed by atoms with Gasteiger partial charge in [-0.15, -0.1) is 0 Å². The lowest BCUT2D eigenvalue weighted by molar-refractivity contribution is 0.0710. The molecule has 2 fully saturated rings. The number of nitrogens with zero attached hydrogens (tertiary/aromatic N) is 5. The fourth-order valence-corrected chi connectivity index (χ4v) is 4.82. The van der Waals surface area contributed by atoms with Gasteiger partial charge in [0.2, 0.25) is 5.88 Å². The van der Waals surface area contributed by atoms with Crippen molar-refractivity contribution < 1.29 is 9.53 Å². The van der Waals surface area contributed by atoms with Crippen molar-refractivity contribution >= 4 is 24.5 Å². The van der Waals surface area contributed by atoms with Crippen LogP contribution in [-0.4, -0.2) is 47.4 Å². The molecule has 0 N–H and O–H groups in total. The zero-order chi connectivity index (χ0) is 22.0. The zero-order valence-corrected chi connectivity index (χ0v) is 18.4. The second kappa shape index (κ2) is 8.88. The minimum atomic E-state index is 0.0299. The van der Waals surface area contributed by atoms with Gasteiger partial charge in [-0.1, -0.05) is 17.7 Å². The van der Waals surface area contributed by atoms with Crippen molar-refractivity contribution in [2.75, 3.05) is 11.7 Å². The summed E-state index contributed by atoms with van der Waals surface area (Å²) in [5.41, 5.74) is 3.21. The second-order valence-corrected chi connectivity index (χ2v) is 8.26. The second-order valence-electron chi connectivity index (χ2n) is 8.26. The van der Waals surface area contributed by atoms with E-state index >= 15 is 0 Å². The minimum absolute atomic E-state index is 0.0299. The highest BCUT2D eigenvalue weighted by atomic mass is 16.5. The van der Waals surface area contributed by atoms with Crippen molar-refractivity contribution in [2.24, 2.45) is 16.1 Å². The van der Waals surface area contributed by atoms with Crippen molar-refractivity contribution in [1.29, 1.82) is 0 Å². The van der Waals surface area contributed by atoms with Crippen molar-refractivity contribution in [3.8, 4) is 5.88 Å². The van der Waals surface area contributed by atoms with Gasteiger partial charge in [0.25, 0.3) is 5.91 Å². The van der Waals surface area contributed by atoms with Crippen LogP contribution < -0.4 is 9.85 Å². The predicted molar refractivity (Wildman–Crippen MR) is 123 cm³/mol. The first kappa shape index (κ1) is 21.0. The molecule has 2 aliphatic heterocycles. The molecule has 4 rings (SSSR count). The molecule has 2 bridgehead atoms. The maximum atomic E-state index is 13.7. The Labute approximate surface area is 183 Å². The first-order valence-electron chi connectivity index (χ1n) is 10.8. The molecule has 162 valence electrons. The smallest absolute Gasteiger partial charge is 0.256 e. The van der Waals surface area contributed by atoms with Crippen molar-refractivity contribution in [3.63, 3.8) is 0 Å². The Hall–Kier alpha value is -3.22. The van der Waals surface area contributed by atoms with Crippen molar-refractivity contribution in [3.05, 3.63) is 53.2 Å². The van der Waals surface area contributed by atoms with Crippen LogP contribution in [0.5, 0.6) is 5.88 Å². The van der Waals surface area contributed by atoms with Crippen LogP contribution >= 0.6 is 0 Å². The van der Waals surface area contributed by atoms with E-state index in [0.717, 1.165) is 30.5 Å². The number of carbonyl (C=O) groups is 1. The zero-order valence-electron chi connectivity index (χ0n) is 18.4. The number of rotatable bonds is 7. The lowest BCUT2D eigenvalue weighted by Crippen LogP contribution is -2.38. The minimum Gasteiger partial charge on any atom is -0.477 e. The molecule has 0 radical (unpaired) electrons. The topological polar surface area (TPSA) is 70.4 Å². The molecule has 3 atom stereocenters. The third kappa shape index (κ3) is 4.17. The van der Waals surface area contributed by atoms with Crippen LogP contribution in [0, 0.1) is 19.8 Å². The normalized spacial score (nSPS) is 22.2. The molecule has 3 heterocycles. The average molecular weight is 420 g/mol. The van der Waals surface area contributed by atoms with Gasteiger partial charge in [-0.2, -0.15) is 15.3 Å². The number of aromatic nitrogens is 1. The highest BCUT2D eigenvalue weighted by Crippen LogP contribution is 2.43. The van der Waals surface area contributed by atoms with Gasteiger partial charge in [0.1, 0.15) is 0 Å². The van der Waals surface area contributed by atoms with Gasteiger partial charge >= 0.3 is 0 Å². The van der Waals surface area contributed by atoms with E-state index in [9.17, 15) is 4.79 Å². The molecule has 0 aliphatic carbocycles. The monoisotopic (exact) mass is 419 g/mol. The van der Waals surface area contributed by atoms with Gasteiger partial charge in [-0.25, -0.2) is 4.98 Å². The summed E-state index contributed by atoms with van der Waals surface area (Å²) in [6, 6.07) is 12.0. The first-order chi connectivity index (χ1) is 15.0. The molecule has 3 unspecified atom stereocenters. The third-order valence-corrected chi connectivity index (χ3v) is 6.16. The molecule has 31 heavy (non-hydrogen) atoms. The average Bonchev–Trinajstić information content (AvgIpc) is 3.34. The van der Waals surface area contributed by atoms with Gasteiger partial charge in [0.15, 0.2) is 0 Å². The van der Waals surface area contributed by atoms with Gasteiger partial charge in [0, 0.05) is 42.7 Å². The highest BCUT2D eigenvalue weighted by Gasteiger charge is 2.49. The van der Waals surface area contributed by atoms with Crippen molar-refractivity contribution in [2.45, 2.75) is 52.1 Å². The summed E-state index contributed by atoms with van der Waals surface area (Å²) in [6.45, 7) is 9.92. The molecule has 1 aromatic carbocycles. The van der Waals surface area contributed by atoms with E-state index < -0.39 is 0 Å². The Kier molecular flexibility index (Phi) is 6.02. The Morgan fingerprint density at radius 2 is 2.16 bits per heavy atom. The summed E-state index contributed by atoms with van der Waals surface area (Å²) < 4.78 is 5.99. The van der Waals surface area contributed by atoms with Gasteiger partial charge in [-0.05, 0) is 58.2 Å². The molecule has 7 nitrogen and oxygen atoms in total. The first-order valence-corrected chi connectivity index (χ1v) is 10.8. The van der Waals surface area contributed by atoms with Gasteiger partial charge in [-0.3, -0.25) is 4.79 Å². The van der Waals surface area contributed by atoms with E-state index in [-0.39, 0.29) is 18.0 Å². The van der Waals surface area contributed by atoms with E-state index in [4.69, 9.17) is 4.74 Å². The summed E-state index contributed by atoms with van der Waals surface area (Å²) in [5.74, 6) is 0.981. The van der Waals surface area contributed by atoms with Gasteiger partial charge < -0.3 is 9.64 Å². The number of carbonyl (C=O) groups excluding carboxylic acids is 1. The van der Waals surface area contributed by atoms with Crippen LogP contribution in [0.2, 0.25) is 0 Å². The van der Waals surface area contributed by atoms with E-state index in [0.29, 0.717) is 29.7 Å². The van der Waals surface area contributed by atoms with E-state index in [1.54, 1.807) is 6.21 Å². The number of hydrogen-bond donors (Lipinski definition) is 0. The van der Waals surface area contributed by atoms with Crippen molar-refractivity contribution in [1.82, 2.24) is 9.88 Å². The van der Waals surface area contributed by atoms with Crippen LogP contribution in [0.15, 0.2) is 46.6 Å².